The Labute approximate surface area is 167 Å². The average molecular weight is 361 g/mol. The van der Waals surface area contributed by atoms with Crippen LogP contribution in [0.2, 0.25) is 0 Å². The van der Waals surface area contributed by atoms with E-state index in [0.717, 1.165) is 16.7 Å². The third kappa shape index (κ3) is 3.79. The van der Waals surface area contributed by atoms with Crippen molar-refractivity contribution in [3.63, 3.8) is 0 Å². The van der Waals surface area contributed by atoms with E-state index in [4.69, 9.17) is 0 Å². The van der Waals surface area contributed by atoms with Crippen LogP contribution in [0.15, 0.2) is 116 Å². The summed E-state index contributed by atoms with van der Waals surface area (Å²) in [6.07, 6.45) is 12.6. The van der Waals surface area contributed by atoms with Crippen LogP contribution >= 0.6 is 0 Å². The first-order valence-electron chi connectivity index (χ1n) is 9.59. The lowest BCUT2D eigenvalue weighted by molar-refractivity contribution is 0.940. The van der Waals surface area contributed by atoms with Gasteiger partial charge in [-0.3, -0.25) is 4.98 Å². The summed E-state index contributed by atoms with van der Waals surface area (Å²) in [6, 6.07) is 23.3. The first-order chi connectivity index (χ1) is 13.7. The lowest BCUT2D eigenvalue weighted by atomic mass is 9.92. The molecular formula is C27H23N. The third-order valence-corrected chi connectivity index (χ3v) is 4.99. The number of hydrogen-bond acceptors (Lipinski definition) is 1. The van der Waals surface area contributed by atoms with Crippen molar-refractivity contribution >= 4 is 11.1 Å². The summed E-state index contributed by atoms with van der Waals surface area (Å²) in [5, 5.41) is 0. The van der Waals surface area contributed by atoms with Gasteiger partial charge in [-0.05, 0) is 57.5 Å². The molecule has 1 heteroatoms. The molecule has 0 saturated heterocycles. The maximum atomic E-state index is 4.26. The number of hydrogen-bond donors (Lipinski definition) is 0. The maximum absolute atomic E-state index is 4.26. The first-order valence-corrected chi connectivity index (χ1v) is 9.59. The third-order valence-electron chi connectivity index (χ3n) is 4.99. The van der Waals surface area contributed by atoms with Gasteiger partial charge in [0.05, 0.1) is 0 Å². The topological polar surface area (TPSA) is 12.9 Å². The normalized spacial score (nSPS) is 16.5. The van der Waals surface area contributed by atoms with Crippen molar-refractivity contribution in [2.24, 2.45) is 5.92 Å². The van der Waals surface area contributed by atoms with Crippen LogP contribution in [0.5, 0.6) is 0 Å². The van der Waals surface area contributed by atoms with E-state index >= 15 is 0 Å². The molecule has 0 aliphatic heterocycles. The van der Waals surface area contributed by atoms with Gasteiger partial charge >= 0.3 is 0 Å². The SMILES string of the molecule is C=CC1=CC(C)C=C(c2ccccc2)C=C1c1cccc(-c2cccnc2)c1. The Morgan fingerprint density at radius 3 is 2.32 bits per heavy atom. The summed E-state index contributed by atoms with van der Waals surface area (Å²) >= 11 is 0. The van der Waals surface area contributed by atoms with Crippen molar-refractivity contribution < 1.29 is 0 Å². The summed E-state index contributed by atoms with van der Waals surface area (Å²) in [5.74, 6) is 0.332. The van der Waals surface area contributed by atoms with E-state index in [2.05, 4.69) is 97.4 Å². The van der Waals surface area contributed by atoms with E-state index in [0.29, 0.717) is 5.92 Å². The van der Waals surface area contributed by atoms with Gasteiger partial charge in [-0.15, -0.1) is 0 Å². The van der Waals surface area contributed by atoms with Gasteiger partial charge < -0.3 is 0 Å². The fourth-order valence-electron chi connectivity index (χ4n) is 3.63. The molecule has 2 aromatic carbocycles. The Morgan fingerprint density at radius 1 is 0.821 bits per heavy atom. The molecule has 0 amide bonds. The summed E-state index contributed by atoms with van der Waals surface area (Å²) in [6.45, 7) is 6.29. The second-order valence-corrected chi connectivity index (χ2v) is 7.05. The summed E-state index contributed by atoms with van der Waals surface area (Å²) < 4.78 is 0. The summed E-state index contributed by atoms with van der Waals surface area (Å²) in [7, 11) is 0. The van der Waals surface area contributed by atoms with Gasteiger partial charge in [-0.1, -0.05) is 86.3 Å². The van der Waals surface area contributed by atoms with Gasteiger partial charge in [-0.2, -0.15) is 0 Å². The fraction of sp³-hybridized carbons (Fsp3) is 0.0741. The van der Waals surface area contributed by atoms with Crippen LogP contribution in [0.1, 0.15) is 18.1 Å². The molecule has 28 heavy (non-hydrogen) atoms. The quantitative estimate of drug-likeness (QED) is 0.488. The molecule has 136 valence electrons. The van der Waals surface area contributed by atoms with Gasteiger partial charge in [0, 0.05) is 18.0 Å². The molecule has 0 saturated carbocycles. The largest absolute Gasteiger partial charge is 0.264 e. The number of rotatable bonds is 4. The molecule has 3 aromatic rings. The molecule has 1 heterocycles. The highest BCUT2D eigenvalue weighted by Gasteiger charge is 2.14. The van der Waals surface area contributed by atoms with Crippen LogP contribution in [-0.2, 0) is 0 Å². The predicted molar refractivity (Wildman–Crippen MR) is 120 cm³/mol. The Bertz CT molecular complexity index is 1070. The van der Waals surface area contributed by atoms with Gasteiger partial charge in [0.2, 0.25) is 0 Å². The van der Waals surface area contributed by atoms with Crippen LogP contribution < -0.4 is 0 Å². The standard InChI is InChI=1S/C27H23N/c1-3-21-15-20(2)16-26(22-9-5-4-6-10-22)18-27(21)24-12-7-11-23(17-24)25-13-8-14-28-19-25/h3-20H,1H2,2H3. The molecule has 4 rings (SSSR count). The van der Waals surface area contributed by atoms with E-state index in [1.165, 1.54) is 22.3 Å². The smallest absolute Gasteiger partial charge is 0.0346 e. The average Bonchev–Trinajstić information content (AvgIpc) is 2.93. The second-order valence-electron chi connectivity index (χ2n) is 7.05. The van der Waals surface area contributed by atoms with E-state index in [-0.39, 0.29) is 0 Å². The number of pyridine rings is 1. The molecule has 1 nitrogen and oxygen atoms in total. The van der Waals surface area contributed by atoms with E-state index in [9.17, 15) is 0 Å². The highest BCUT2D eigenvalue weighted by atomic mass is 14.6. The zero-order chi connectivity index (χ0) is 19.3. The minimum Gasteiger partial charge on any atom is -0.264 e. The van der Waals surface area contributed by atoms with Crippen molar-refractivity contribution in [1.29, 1.82) is 0 Å². The Hall–Kier alpha value is -3.45. The molecule has 0 bridgehead atoms. The minimum absolute atomic E-state index is 0.332. The highest BCUT2D eigenvalue weighted by molar-refractivity contribution is 5.93. The van der Waals surface area contributed by atoms with Crippen molar-refractivity contribution in [3.05, 3.63) is 127 Å². The molecule has 1 unspecified atom stereocenters. The number of aromatic nitrogens is 1. The van der Waals surface area contributed by atoms with Crippen LogP contribution in [0.3, 0.4) is 0 Å². The molecule has 1 aliphatic carbocycles. The van der Waals surface area contributed by atoms with Gasteiger partial charge in [0.25, 0.3) is 0 Å². The van der Waals surface area contributed by atoms with E-state index < -0.39 is 0 Å². The molecule has 0 N–H and O–H groups in total. The molecular weight excluding hydrogens is 338 g/mol. The fourth-order valence-corrected chi connectivity index (χ4v) is 3.63. The van der Waals surface area contributed by atoms with E-state index in [1.807, 2.05) is 18.3 Å². The zero-order valence-electron chi connectivity index (χ0n) is 16.0. The number of allylic oxidation sites excluding steroid dienone is 7. The number of benzene rings is 2. The zero-order valence-corrected chi connectivity index (χ0v) is 16.0. The maximum Gasteiger partial charge on any atom is 0.0346 e. The van der Waals surface area contributed by atoms with Crippen molar-refractivity contribution in [2.45, 2.75) is 6.92 Å². The summed E-state index contributed by atoms with van der Waals surface area (Å²) in [4.78, 5) is 4.26. The van der Waals surface area contributed by atoms with Crippen molar-refractivity contribution in [1.82, 2.24) is 4.98 Å². The lowest BCUT2D eigenvalue weighted by Gasteiger charge is -2.12. The van der Waals surface area contributed by atoms with Gasteiger partial charge in [-0.25, -0.2) is 0 Å². The Morgan fingerprint density at radius 2 is 1.57 bits per heavy atom. The van der Waals surface area contributed by atoms with Gasteiger partial charge in [0.1, 0.15) is 0 Å². The Kier molecular flexibility index (Phi) is 5.16. The molecule has 0 spiro atoms. The lowest BCUT2D eigenvalue weighted by Crippen LogP contribution is -1.91. The molecule has 1 aromatic heterocycles. The molecule has 1 atom stereocenters. The summed E-state index contributed by atoms with van der Waals surface area (Å²) in [5.41, 5.74) is 8.30. The monoisotopic (exact) mass is 361 g/mol. The molecule has 0 radical (unpaired) electrons. The Balaban J connectivity index is 1.84. The molecule has 0 fully saturated rings. The van der Waals surface area contributed by atoms with Crippen LogP contribution in [0.25, 0.3) is 22.3 Å². The van der Waals surface area contributed by atoms with Crippen LogP contribution in [-0.4, -0.2) is 4.98 Å². The van der Waals surface area contributed by atoms with Gasteiger partial charge in [0.15, 0.2) is 0 Å². The van der Waals surface area contributed by atoms with Crippen molar-refractivity contribution in [2.75, 3.05) is 0 Å². The number of nitrogens with zero attached hydrogens (tertiary/aromatic N) is 1. The first kappa shape index (κ1) is 17.9. The van der Waals surface area contributed by atoms with Crippen molar-refractivity contribution in [3.8, 4) is 11.1 Å². The highest BCUT2D eigenvalue weighted by Crippen LogP contribution is 2.34. The second kappa shape index (κ2) is 8.06. The minimum atomic E-state index is 0.332. The van der Waals surface area contributed by atoms with Crippen LogP contribution in [0, 0.1) is 5.92 Å². The van der Waals surface area contributed by atoms with E-state index in [1.54, 1.807) is 6.20 Å². The molecule has 1 aliphatic rings. The van der Waals surface area contributed by atoms with Crippen LogP contribution in [0.4, 0.5) is 0 Å². The predicted octanol–water partition coefficient (Wildman–Crippen LogP) is 6.98.